The zero-order valence-corrected chi connectivity index (χ0v) is 15.3. The van der Waals surface area contributed by atoms with Gasteiger partial charge in [0, 0.05) is 12.1 Å². The highest BCUT2D eigenvalue weighted by molar-refractivity contribution is 6.42. The van der Waals surface area contributed by atoms with Gasteiger partial charge in [0.2, 0.25) is 0 Å². The first-order valence-corrected chi connectivity index (χ1v) is 8.68. The van der Waals surface area contributed by atoms with E-state index in [1.807, 2.05) is 0 Å². The van der Waals surface area contributed by atoms with E-state index < -0.39 is 12.0 Å². The number of benzene rings is 1. The number of unbranched alkanes of at least 4 members (excludes halogenated alkanes) is 1. The van der Waals surface area contributed by atoms with Crippen LogP contribution in [0.4, 0.5) is 0 Å². The van der Waals surface area contributed by atoms with Crippen molar-refractivity contribution in [1.29, 1.82) is 0 Å². The maximum Gasteiger partial charge on any atom is 0.320 e. The smallest absolute Gasteiger partial charge is 0.320 e. The van der Waals surface area contributed by atoms with Gasteiger partial charge in [0.1, 0.15) is 18.1 Å². The Morgan fingerprint density at radius 1 is 1.15 bits per heavy atom. The van der Waals surface area contributed by atoms with E-state index in [2.05, 4.69) is 15.3 Å². The third-order valence-corrected chi connectivity index (χ3v) is 4.40. The van der Waals surface area contributed by atoms with Gasteiger partial charge in [-0.05, 0) is 37.5 Å². The fourth-order valence-electron chi connectivity index (χ4n) is 2.20. The van der Waals surface area contributed by atoms with Crippen LogP contribution in [0.2, 0.25) is 10.0 Å². The average Bonchev–Trinajstić information content (AvgIpc) is 2.63. The van der Waals surface area contributed by atoms with E-state index in [4.69, 9.17) is 34.0 Å². The van der Waals surface area contributed by atoms with Gasteiger partial charge in [0.25, 0.3) is 5.91 Å². The fraction of sp³-hybridized carbons (Fsp3) is 0.294. The van der Waals surface area contributed by atoms with Crippen LogP contribution in [0.1, 0.15) is 29.8 Å². The summed E-state index contributed by atoms with van der Waals surface area (Å²) in [5.41, 5.74) is 6.92. The van der Waals surface area contributed by atoms with Gasteiger partial charge in [-0.1, -0.05) is 29.3 Å². The highest BCUT2D eigenvalue weighted by Gasteiger charge is 2.12. The Hall–Kier alpha value is -2.22. The van der Waals surface area contributed by atoms with Crippen molar-refractivity contribution < 1.29 is 14.7 Å². The number of amides is 1. The van der Waals surface area contributed by atoms with Crippen molar-refractivity contribution in [1.82, 2.24) is 15.3 Å². The second kappa shape index (κ2) is 9.47. The molecular weight excluding hydrogens is 379 g/mol. The molecule has 0 radical (unpaired) electrons. The first-order valence-electron chi connectivity index (χ1n) is 7.92. The van der Waals surface area contributed by atoms with E-state index >= 15 is 0 Å². The van der Waals surface area contributed by atoms with Crippen molar-refractivity contribution in [2.45, 2.75) is 25.3 Å². The van der Waals surface area contributed by atoms with Gasteiger partial charge in [-0.15, -0.1) is 0 Å². The Morgan fingerprint density at radius 3 is 2.62 bits per heavy atom. The standard InChI is InChI=1S/C17H18Cl2N4O3/c18-11-5-4-10(7-12(11)19)14-8-15(23-9-22-14)16(24)21-6-2-1-3-13(20)17(25)26/h4-5,7-9,13H,1-3,6,20H2,(H,21,24)(H,25,26)/t13-/m0/s1. The van der Waals surface area contributed by atoms with Crippen LogP contribution >= 0.6 is 23.2 Å². The van der Waals surface area contributed by atoms with Gasteiger partial charge in [-0.25, -0.2) is 9.97 Å². The van der Waals surface area contributed by atoms with Crippen LogP contribution in [0.5, 0.6) is 0 Å². The predicted octanol–water partition coefficient (Wildman–Crippen LogP) is 2.76. The Balaban J connectivity index is 1.91. The lowest BCUT2D eigenvalue weighted by Gasteiger charge is -2.08. The van der Waals surface area contributed by atoms with Crippen LogP contribution in [0, 0.1) is 0 Å². The second-order valence-corrected chi connectivity index (χ2v) is 6.43. The molecule has 9 heteroatoms. The van der Waals surface area contributed by atoms with E-state index in [-0.39, 0.29) is 11.6 Å². The number of carbonyl (C=O) groups is 2. The van der Waals surface area contributed by atoms with Crippen molar-refractivity contribution in [3.05, 3.63) is 46.3 Å². The topological polar surface area (TPSA) is 118 Å². The number of carboxylic acid groups (broad SMARTS) is 1. The van der Waals surface area contributed by atoms with Crippen molar-refractivity contribution in [2.24, 2.45) is 5.73 Å². The van der Waals surface area contributed by atoms with Crippen LogP contribution in [-0.4, -0.2) is 39.5 Å². The Kier molecular flexibility index (Phi) is 7.32. The summed E-state index contributed by atoms with van der Waals surface area (Å²) in [7, 11) is 0. The number of carbonyl (C=O) groups excluding carboxylic acids is 1. The predicted molar refractivity (Wildman–Crippen MR) is 99.3 cm³/mol. The lowest BCUT2D eigenvalue weighted by Crippen LogP contribution is -2.30. The number of aromatic nitrogens is 2. The minimum absolute atomic E-state index is 0.225. The van der Waals surface area contributed by atoms with Crippen LogP contribution < -0.4 is 11.1 Å². The molecule has 0 fully saturated rings. The van der Waals surface area contributed by atoms with Crippen molar-refractivity contribution in [3.63, 3.8) is 0 Å². The van der Waals surface area contributed by atoms with Gasteiger partial charge < -0.3 is 16.2 Å². The monoisotopic (exact) mass is 396 g/mol. The number of halogens is 2. The van der Waals surface area contributed by atoms with Gasteiger partial charge in [0.15, 0.2) is 0 Å². The minimum Gasteiger partial charge on any atom is -0.480 e. The molecule has 0 bridgehead atoms. The molecule has 7 nitrogen and oxygen atoms in total. The molecule has 1 atom stereocenters. The molecule has 1 aromatic heterocycles. The SMILES string of the molecule is N[C@@H](CCCCNC(=O)c1cc(-c2ccc(Cl)c(Cl)c2)ncn1)C(=O)O. The zero-order chi connectivity index (χ0) is 19.1. The number of nitrogens with zero attached hydrogens (tertiary/aromatic N) is 2. The van der Waals surface area contributed by atoms with E-state index in [0.717, 1.165) is 5.56 Å². The van der Waals surface area contributed by atoms with E-state index in [9.17, 15) is 9.59 Å². The highest BCUT2D eigenvalue weighted by atomic mass is 35.5. The van der Waals surface area contributed by atoms with E-state index in [1.54, 1.807) is 24.3 Å². The van der Waals surface area contributed by atoms with E-state index in [0.29, 0.717) is 41.5 Å². The van der Waals surface area contributed by atoms with Gasteiger partial charge in [-0.2, -0.15) is 0 Å². The molecule has 2 aromatic rings. The third kappa shape index (κ3) is 5.66. The molecule has 0 unspecified atom stereocenters. The van der Waals surface area contributed by atoms with Crippen molar-refractivity contribution >= 4 is 35.1 Å². The molecule has 138 valence electrons. The normalized spacial score (nSPS) is 11.8. The molecule has 2 rings (SSSR count). The third-order valence-electron chi connectivity index (χ3n) is 3.66. The molecule has 0 aliphatic heterocycles. The summed E-state index contributed by atoms with van der Waals surface area (Å²) in [4.78, 5) is 30.9. The Morgan fingerprint density at radius 2 is 1.92 bits per heavy atom. The summed E-state index contributed by atoms with van der Waals surface area (Å²) in [5, 5.41) is 12.3. The summed E-state index contributed by atoms with van der Waals surface area (Å²) in [6.45, 7) is 0.400. The number of hydrogen-bond donors (Lipinski definition) is 3. The first kappa shape index (κ1) is 20.1. The zero-order valence-electron chi connectivity index (χ0n) is 13.8. The molecule has 0 spiro atoms. The summed E-state index contributed by atoms with van der Waals surface area (Å²) in [6.07, 6.45) is 2.89. The number of nitrogens with two attached hydrogens (primary N) is 1. The number of hydrogen-bond acceptors (Lipinski definition) is 5. The highest BCUT2D eigenvalue weighted by Crippen LogP contribution is 2.27. The summed E-state index contributed by atoms with van der Waals surface area (Å²) < 4.78 is 0. The van der Waals surface area contributed by atoms with Gasteiger partial charge >= 0.3 is 5.97 Å². The van der Waals surface area contributed by atoms with E-state index in [1.165, 1.54) is 6.33 Å². The lowest BCUT2D eigenvalue weighted by atomic mass is 10.1. The largest absolute Gasteiger partial charge is 0.480 e. The molecule has 1 amide bonds. The summed E-state index contributed by atoms with van der Waals surface area (Å²) in [6, 6.07) is 5.77. The Labute approximate surface area is 160 Å². The molecule has 1 aromatic carbocycles. The van der Waals surface area contributed by atoms with Crippen LogP contribution in [0.3, 0.4) is 0 Å². The molecule has 0 saturated heterocycles. The van der Waals surface area contributed by atoms with Crippen molar-refractivity contribution in [2.75, 3.05) is 6.54 Å². The maximum atomic E-state index is 12.2. The molecule has 1 heterocycles. The van der Waals surface area contributed by atoms with Gasteiger partial charge in [0.05, 0.1) is 15.7 Å². The number of aliphatic carboxylic acids is 1. The first-order chi connectivity index (χ1) is 12.4. The molecule has 0 saturated carbocycles. The number of rotatable bonds is 8. The molecule has 26 heavy (non-hydrogen) atoms. The van der Waals surface area contributed by atoms with Crippen molar-refractivity contribution in [3.8, 4) is 11.3 Å². The van der Waals surface area contributed by atoms with Crippen LogP contribution in [-0.2, 0) is 4.79 Å². The summed E-state index contributed by atoms with van der Waals surface area (Å²) >= 11 is 11.9. The second-order valence-electron chi connectivity index (χ2n) is 5.61. The molecule has 4 N–H and O–H groups in total. The minimum atomic E-state index is -1.02. The maximum absolute atomic E-state index is 12.2. The van der Waals surface area contributed by atoms with Crippen LogP contribution in [0.15, 0.2) is 30.6 Å². The number of carboxylic acids is 1. The average molecular weight is 397 g/mol. The Bertz CT molecular complexity index is 801. The number of nitrogens with one attached hydrogen (secondary N) is 1. The molecule has 0 aliphatic carbocycles. The summed E-state index contributed by atoms with van der Waals surface area (Å²) in [5.74, 6) is -1.36. The quantitative estimate of drug-likeness (QED) is 0.590. The molecular formula is C17H18Cl2N4O3. The van der Waals surface area contributed by atoms with Crippen LogP contribution in [0.25, 0.3) is 11.3 Å². The fourth-order valence-corrected chi connectivity index (χ4v) is 2.50. The molecule has 0 aliphatic rings. The van der Waals surface area contributed by atoms with Gasteiger partial charge in [-0.3, -0.25) is 9.59 Å². The lowest BCUT2D eigenvalue weighted by molar-refractivity contribution is -0.138.